The number of furan rings is 1. The van der Waals surface area contributed by atoms with Crippen molar-refractivity contribution in [2.45, 2.75) is 6.04 Å². The first-order valence-corrected chi connectivity index (χ1v) is 10.4. The average Bonchev–Trinajstić information content (AvgIpc) is 3.36. The van der Waals surface area contributed by atoms with Gasteiger partial charge in [0.2, 0.25) is 5.91 Å². The van der Waals surface area contributed by atoms with Crippen molar-refractivity contribution in [1.29, 1.82) is 0 Å². The number of hydrogen-bond donors (Lipinski definition) is 1. The summed E-state index contributed by atoms with van der Waals surface area (Å²) in [6.45, 7) is 2.01. The van der Waals surface area contributed by atoms with Crippen molar-refractivity contribution in [3.63, 3.8) is 0 Å². The van der Waals surface area contributed by atoms with Crippen molar-refractivity contribution >= 4 is 11.8 Å². The topological polar surface area (TPSA) is 65.8 Å². The van der Waals surface area contributed by atoms with Crippen LogP contribution in [0.4, 0.5) is 8.78 Å². The average molecular weight is 439 g/mol. The smallest absolute Gasteiger partial charge is 0.287 e. The molecule has 2 aromatic carbocycles. The molecule has 0 unspecified atom stereocenters. The van der Waals surface area contributed by atoms with Gasteiger partial charge in [-0.2, -0.15) is 0 Å². The van der Waals surface area contributed by atoms with Gasteiger partial charge in [0.1, 0.15) is 11.6 Å². The molecule has 166 valence electrons. The van der Waals surface area contributed by atoms with Crippen molar-refractivity contribution in [3.05, 3.63) is 95.4 Å². The van der Waals surface area contributed by atoms with Crippen molar-refractivity contribution in [2.75, 3.05) is 32.7 Å². The summed E-state index contributed by atoms with van der Waals surface area (Å²) >= 11 is 0. The second-order valence-electron chi connectivity index (χ2n) is 7.58. The van der Waals surface area contributed by atoms with Gasteiger partial charge in [-0.15, -0.1) is 0 Å². The van der Waals surface area contributed by atoms with Crippen LogP contribution in [0, 0.1) is 11.6 Å². The van der Waals surface area contributed by atoms with Gasteiger partial charge in [0, 0.05) is 26.2 Å². The molecule has 1 fully saturated rings. The Balaban J connectivity index is 1.40. The van der Waals surface area contributed by atoms with E-state index in [-0.39, 0.29) is 35.9 Å². The number of halogens is 2. The van der Waals surface area contributed by atoms with Gasteiger partial charge in [0.15, 0.2) is 5.76 Å². The monoisotopic (exact) mass is 439 g/mol. The number of carbonyl (C=O) groups is 2. The molecular weight excluding hydrogens is 416 g/mol. The summed E-state index contributed by atoms with van der Waals surface area (Å²) in [6.07, 6.45) is 1.40. The Morgan fingerprint density at radius 3 is 1.94 bits per heavy atom. The standard InChI is InChI=1S/C24H23F2N3O3/c25-19-7-3-17(4-8-19)23(18-5-9-20(26)10-6-18)29-13-11-28(12-14-29)22(30)16-27-24(31)21-2-1-15-32-21/h1-10,15,23H,11-14,16H2,(H,27,31). The summed E-state index contributed by atoms with van der Waals surface area (Å²) in [5.41, 5.74) is 1.78. The molecule has 1 saturated heterocycles. The van der Waals surface area contributed by atoms with Crippen LogP contribution in [0.25, 0.3) is 0 Å². The highest BCUT2D eigenvalue weighted by molar-refractivity contribution is 5.94. The third kappa shape index (κ3) is 5.03. The molecule has 3 aromatic rings. The van der Waals surface area contributed by atoms with E-state index < -0.39 is 5.91 Å². The molecule has 1 aliphatic heterocycles. The van der Waals surface area contributed by atoms with Crippen LogP contribution in [-0.4, -0.2) is 54.3 Å². The van der Waals surface area contributed by atoms with Gasteiger partial charge in [-0.25, -0.2) is 8.78 Å². The van der Waals surface area contributed by atoms with Crippen LogP contribution < -0.4 is 5.32 Å². The first kappa shape index (κ1) is 21.7. The van der Waals surface area contributed by atoms with E-state index in [2.05, 4.69) is 10.2 Å². The highest BCUT2D eigenvalue weighted by Crippen LogP contribution is 2.30. The van der Waals surface area contributed by atoms with Crippen molar-refractivity contribution < 1.29 is 22.8 Å². The lowest BCUT2D eigenvalue weighted by molar-refractivity contribution is -0.132. The van der Waals surface area contributed by atoms with Crippen molar-refractivity contribution in [3.8, 4) is 0 Å². The highest BCUT2D eigenvalue weighted by atomic mass is 19.1. The summed E-state index contributed by atoms with van der Waals surface area (Å²) in [7, 11) is 0. The van der Waals surface area contributed by atoms with Crippen LogP contribution in [0.5, 0.6) is 0 Å². The van der Waals surface area contributed by atoms with E-state index in [0.717, 1.165) is 11.1 Å². The fraction of sp³-hybridized carbons (Fsp3) is 0.250. The molecule has 2 amide bonds. The minimum Gasteiger partial charge on any atom is -0.459 e. The van der Waals surface area contributed by atoms with E-state index in [9.17, 15) is 18.4 Å². The summed E-state index contributed by atoms with van der Waals surface area (Å²) in [4.78, 5) is 28.4. The van der Waals surface area contributed by atoms with Gasteiger partial charge < -0.3 is 14.6 Å². The fourth-order valence-electron chi connectivity index (χ4n) is 3.90. The molecule has 4 rings (SSSR count). The number of piperazine rings is 1. The lowest BCUT2D eigenvalue weighted by atomic mass is 9.96. The Morgan fingerprint density at radius 1 is 0.875 bits per heavy atom. The SMILES string of the molecule is O=C(NCC(=O)N1CCN(C(c2ccc(F)cc2)c2ccc(F)cc2)CC1)c1ccco1. The maximum Gasteiger partial charge on any atom is 0.287 e. The summed E-state index contributed by atoms with van der Waals surface area (Å²) in [6, 6.07) is 15.5. The zero-order valence-corrected chi connectivity index (χ0v) is 17.3. The zero-order valence-electron chi connectivity index (χ0n) is 17.3. The molecule has 32 heavy (non-hydrogen) atoms. The minimum atomic E-state index is -0.435. The van der Waals surface area contributed by atoms with Crippen molar-refractivity contribution in [2.24, 2.45) is 0 Å². The lowest BCUT2D eigenvalue weighted by Crippen LogP contribution is -2.52. The van der Waals surface area contributed by atoms with Gasteiger partial charge in [0.25, 0.3) is 5.91 Å². The van der Waals surface area contributed by atoms with Crippen LogP contribution in [0.15, 0.2) is 71.3 Å². The van der Waals surface area contributed by atoms with Gasteiger partial charge >= 0.3 is 0 Å². The van der Waals surface area contributed by atoms with Crippen LogP contribution >= 0.6 is 0 Å². The van der Waals surface area contributed by atoms with E-state index in [1.165, 1.54) is 36.6 Å². The molecule has 8 heteroatoms. The van der Waals surface area contributed by atoms with Gasteiger partial charge in [-0.3, -0.25) is 14.5 Å². The molecule has 0 radical (unpaired) electrons. The number of hydrogen-bond acceptors (Lipinski definition) is 4. The molecule has 0 spiro atoms. The Morgan fingerprint density at radius 2 is 1.44 bits per heavy atom. The molecule has 0 aliphatic carbocycles. The van der Waals surface area contributed by atoms with Crippen LogP contribution in [-0.2, 0) is 4.79 Å². The van der Waals surface area contributed by atoms with E-state index in [1.54, 1.807) is 35.2 Å². The predicted molar refractivity (Wildman–Crippen MR) is 114 cm³/mol. The number of benzene rings is 2. The number of nitrogens with one attached hydrogen (secondary N) is 1. The highest BCUT2D eigenvalue weighted by Gasteiger charge is 2.28. The summed E-state index contributed by atoms with van der Waals surface area (Å²) in [5.74, 6) is -1.10. The van der Waals surface area contributed by atoms with E-state index in [4.69, 9.17) is 4.42 Å². The number of rotatable bonds is 6. The molecule has 1 N–H and O–H groups in total. The van der Waals surface area contributed by atoms with Crippen LogP contribution in [0.2, 0.25) is 0 Å². The largest absolute Gasteiger partial charge is 0.459 e. The number of amides is 2. The van der Waals surface area contributed by atoms with Gasteiger partial charge in [-0.05, 0) is 47.5 Å². The third-order valence-electron chi connectivity index (χ3n) is 5.55. The number of carbonyl (C=O) groups excluding carboxylic acids is 2. The van der Waals surface area contributed by atoms with E-state index in [0.29, 0.717) is 26.2 Å². The van der Waals surface area contributed by atoms with Crippen LogP contribution in [0.3, 0.4) is 0 Å². The minimum absolute atomic E-state index is 0.112. The Hall–Kier alpha value is -3.52. The number of nitrogens with zero attached hydrogens (tertiary/aromatic N) is 2. The van der Waals surface area contributed by atoms with Crippen LogP contribution in [0.1, 0.15) is 27.7 Å². The molecule has 0 saturated carbocycles. The molecule has 1 aliphatic rings. The Labute approximate surface area is 184 Å². The normalized spacial score (nSPS) is 14.5. The molecule has 1 aromatic heterocycles. The van der Waals surface area contributed by atoms with Gasteiger partial charge in [0.05, 0.1) is 18.8 Å². The van der Waals surface area contributed by atoms with E-state index >= 15 is 0 Å². The second-order valence-corrected chi connectivity index (χ2v) is 7.58. The first-order chi connectivity index (χ1) is 15.5. The first-order valence-electron chi connectivity index (χ1n) is 10.4. The van der Waals surface area contributed by atoms with Crippen molar-refractivity contribution in [1.82, 2.24) is 15.1 Å². The maximum atomic E-state index is 13.5. The molecular formula is C24H23F2N3O3. The zero-order chi connectivity index (χ0) is 22.5. The Kier molecular flexibility index (Phi) is 6.61. The Bertz CT molecular complexity index is 1000. The summed E-state index contributed by atoms with van der Waals surface area (Å²) < 4.78 is 31.9. The molecule has 6 nitrogen and oxygen atoms in total. The van der Waals surface area contributed by atoms with E-state index in [1.807, 2.05) is 0 Å². The molecule has 0 atom stereocenters. The second kappa shape index (κ2) is 9.74. The molecule has 0 bridgehead atoms. The third-order valence-corrected chi connectivity index (χ3v) is 5.55. The van der Waals surface area contributed by atoms with Gasteiger partial charge in [-0.1, -0.05) is 24.3 Å². The predicted octanol–water partition coefficient (Wildman–Crippen LogP) is 3.22. The molecule has 2 heterocycles. The maximum absolute atomic E-state index is 13.5. The summed E-state index contributed by atoms with van der Waals surface area (Å²) in [5, 5.41) is 2.57. The fourth-order valence-corrected chi connectivity index (χ4v) is 3.90. The lowest BCUT2D eigenvalue weighted by Gasteiger charge is -2.39. The quantitative estimate of drug-likeness (QED) is 0.641.